The third-order valence-electron chi connectivity index (χ3n) is 12.0. The van der Waals surface area contributed by atoms with E-state index in [-0.39, 0.29) is 65.8 Å². The monoisotopic (exact) mass is 818 g/mol. The standard InChI is InChI=1S/C44H72FN5O8/c1-15-26(6)38(49(12)42(54)37(25(4)5)48-41(53)36(46-11)24(2)3)34(56-13)23-35(51)50-32-21-29(32)22-33(50)39(57-14)27(7)40(52)47-31(43(55)58-44(8,9)10)20-28-18-16-17-19-30(28)45/h16-19,24-27,29,31-34,36-39,46H,15,20-23H2,1-14H3,(H,47,52)(H,48,53)/t26-,27+,29?,31-,32?,33-,34+,36-,37-,38-,39+/m0/s1. The molecule has 14 heteroatoms. The molecule has 3 N–H and O–H groups in total. The highest BCUT2D eigenvalue weighted by Crippen LogP contribution is 2.50. The molecule has 0 bridgehead atoms. The number of nitrogens with zero attached hydrogens (tertiary/aromatic N) is 2. The molecule has 1 aliphatic carbocycles. The zero-order valence-electron chi connectivity index (χ0n) is 37.4. The van der Waals surface area contributed by atoms with Gasteiger partial charge < -0.3 is 40.0 Å². The minimum atomic E-state index is -1.17. The lowest BCUT2D eigenvalue weighted by molar-refractivity contribution is -0.159. The largest absolute Gasteiger partial charge is 0.458 e. The molecule has 3 rings (SSSR count). The van der Waals surface area contributed by atoms with Crippen LogP contribution in [-0.4, -0.2) is 122 Å². The highest BCUT2D eigenvalue weighted by Gasteiger charge is 2.57. The molecule has 328 valence electrons. The minimum Gasteiger partial charge on any atom is -0.458 e. The lowest BCUT2D eigenvalue weighted by Crippen LogP contribution is -2.59. The summed E-state index contributed by atoms with van der Waals surface area (Å²) in [5.74, 6) is -3.14. The second-order valence-corrected chi connectivity index (χ2v) is 18.1. The number of methoxy groups -OCH3 is 2. The van der Waals surface area contributed by atoms with Gasteiger partial charge in [0, 0.05) is 33.7 Å². The van der Waals surface area contributed by atoms with E-state index in [2.05, 4.69) is 16.0 Å². The molecule has 1 saturated heterocycles. The van der Waals surface area contributed by atoms with Gasteiger partial charge in [-0.15, -0.1) is 0 Å². The van der Waals surface area contributed by atoms with Gasteiger partial charge in [-0.2, -0.15) is 0 Å². The number of amides is 4. The van der Waals surface area contributed by atoms with Crippen LogP contribution >= 0.6 is 0 Å². The maximum Gasteiger partial charge on any atom is 0.329 e. The molecular formula is C44H72FN5O8. The molecule has 0 aromatic heterocycles. The van der Waals surface area contributed by atoms with Crippen molar-refractivity contribution in [2.24, 2.45) is 29.6 Å². The topological polar surface area (TPSA) is 156 Å². The molecule has 1 saturated carbocycles. The van der Waals surface area contributed by atoms with Crippen LogP contribution in [-0.2, 0) is 44.6 Å². The van der Waals surface area contributed by atoms with Crippen molar-refractivity contribution in [3.63, 3.8) is 0 Å². The molecule has 0 radical (unpaired) electrons. The lowest BCUT2D eigenvalue weighted by Gasteiger charge is -2.41. The number of esters is 1. The number of likely N-dealkylation sites (tertiary alicyclic amines) is 1. The number of fused-ring (bicyclic) bond motifs is 1. The smallest absolute Gasteiger partial charge is 0.329 e. The first kappa shape index (κ1) is 48.7. The average molecular weight is 818 g/mol. The number of carbonyl (C=O) groups excluding carboxylic acids is 5. The molecule has 2 fully saturated rings. The van der Waals surface area contributed by atoms with Crippen LogP contribution in [0.15, 0.2) is 24.3 Å². The Labute approximate surface area is 346 Å². The molecule has 58 heavy (non-hydrogen) atoms. The first-order valence-electron chi connectivity index (χ1n) is 21.0. The molecule has 1 aromatic carbocycles. The van der Waals surface area contributed by atoms with Crippen molar-refractivity contribution >= 4 is 29.6 Å². The molecule has 13 nitrogen and oxygen atoms in total. The number of carbonyl (C=O) groups is 5. The molecular weight excluding hydrogens is 746 g/mol. The summed E-state index contributed by atoms with van der Waals surface area (Å²) >= 11 is 0. The fourth-order valence-electron chi connectivity index (χ4n) is 8.50. The molecule has 1 aliphatic heterocycles. The highest BCUT2D eigenvalue weighted by atomic mass is 19.1. The summed E-state index contributed by atoms with van der Waals surface area (Å²) in [4.78, 5) is 72.8. The van der Waals surface area contributed by atoms with Gasteiger partial charge in [-0.3, -0.25) is 19.2 Å². The van der Waals surface area contributed by atoms with Crippen molar-refractivity contribution in [3.8, 4) is 0 Å². The van der Waals surface area contributed by atoms with Gasteiger partial charge in [0.05, 0.1) is 42.7 Å². The maximum atomic E-state index is 14.7. The summed E-state index contributed by atoms with van der Waals surface area (Å²) in [6, 6.07) is 2.72. The van der Waals surface area contributed by atoms with Gasteiger partial charge in [-0.25, -0.2) is 9.18 Å². The van der Waals surface area contributed by atoms with E-state index in [9.17, 15) is 28.4 Å². The summed E-state index contributed by atoms with van der Waals surface area (Å²) in [6.45, 7) is 18.6. The Morgan fingerprint density at radius 3 is 2.05 bits per heavy atom. The van der Waals surface area contributed by atoms with Crippen LogP contribution in [0, 0.1) is 35.4 Å². The van der Waals surface area contributed by atoms with Gasteiger partial charge in [0.2, 0.25) is 23.6 Å². The number of hydrogen-bond donors (Lipinski definition) is 3. The molecule has 0 spiro atoms. The van der Waals surface area contributed by atoms with E-state index in [0.29, 0.717) is 12.8 Å². The average Bonchev–Trinajstić information content (AvgIpc) is 3.81. The Morgan fingerprint density at radius 1 is 0.914 bits per heavy atom. The zero-order valence-corrected chi connectivity index (χ0v) is 37.4. The Hall–Kier alpha value is -3.62. The van der Waals surface area contributed by atoms with Crippen LogP contribution in [0.25, 0.3) is 0 Å². The lowest BCUT2D eigenvalue weighted by atomic mass is 9.89. The predicted octanol–water partition coefficient (Wildman–Crippen LogP) is 4.50. The van der Waals surface area contributed by atoms with E-state index >= 15 is 0 Å². The van der Waals surface area contributed by atoms with Crippen molar-refractivity contribution in [1.82, 2.24) is 25.8 Å². The summed E-state index contributed by atoms with van der Waals surface area (Å²) in [7, 11) is 6.48. The highest BCUT2D eigenvalue weighted by molar-refractivity contribution is 5.90. The molecule has 1 aromatic rings. The van der Waals surface area contributed by atoms with Crippen molar-refractivity contribution in [1.29, 1.82) is 0 Å². The molecule has 1 heterocycles. The summed E-state index contributed by atoms with van der Waals surface area (Å²) in [5, 5.41) is 8.84. The Bertz CT molecular complexity index is 1570. The van der Waals surface area contributed by atoms with E-state index in [1.165, 1.54) is 13.2 Å². The summed E-state index contributed by atoms with van der Waals surface area (Å²) < 4.78 is 32.4. The SMILES string of the molecule is CC[C@H](C)[C@@H]([C@@H](CC(=O)N1C2CC2C[C@H]1[C@H](OC)[C@@H](C)C(=O)N[C@@H](Cc1ccccc1F)C(=O)OC(C)(C)C)OC)N(C)C(=O)[C@@H](NC(=O)[C@@H](NC)C(C)C)C(C)C. The van der Waals surface area contributed by atoms with Crippen molar-refractivity contribution < 1.29 is 42.6 Å². The molecule has 2 unspecified atom stereocenters. The third kappa shape index (κ3) is 12.2. The van der Waals surface area contributed by atoms with E-state index in [4.69, 9.17) is 14.2 Å². The molecule has 11 atom stereocenters. The van der Waals surface area contributed by atoms with Gasteiger partial charge in [0.1, 0.15) is 23.5 Å². The van der Waals surface area contributed by atoms with E-state index in [0.717, 1.165) is 6.42 Å². The summed E-state index contributed by atoms with van der Waals surface area (Å²) in [5.41, 5.74) is -0.580. The quantitative estimate of drug-likeness (QED) is 0.152. The van der Waals surface area contributed by atoms with Crippen LogP contribution in [0.3, 0.4) is 0 Å². The number of likely N-dealkylation sites (N-methyl/N-ethyl adjacent to an activating group) is 2. The Kier molecular flexibility index (Phi) is 17.7. The number of rotatable bonds is 21. The van der Waals surface area contributed by atoms with Crippen LogP contribution < -0.4 is 16.0 Å². The number of benzene rings is 1. The fourth-order valence-corrected chi connectivity index (χ4v) is 8.50. The first-order valence-corrected chi connectivity index (χ1v) is 21.0. The second-order valence-electron chi connectivity index (χ2n) is 18.1. The van der Waals surface area contributed by atoms with E-state index in [1.807, 2.05) is 46.4 Å². The van der Waals surface area contributed by atoms with E-state index < -0.39 is 71.6 Å². The van der Waals surface area contributed by atoms with Gasteiger partial charge in [-0.05, 0) is 76.0 Å². The molecule has 4 amide bonds. The predicted molar refractivity (Wildman–Crippen MR) is 221 cm³/mol. The fraction of sp³-hybridized carbons (Fsp3) is 0.750. The number of nitrogens with one attached hydrogen (secondary N) is 3. The number of halogens is 1. The van der Waals surface area contributed by atoms with Crippen molar-refractivity contribution in [3.05, 3.63) is 35.6 Å². The minimum absolute atomic E-state index is 0.0117. The van der Waals surface area contributed by atoms with Gasteiger partial charge >= 0.3 is 5.97 Å². The van der Waals surface area contributed by atoms with Crippen LogP contribution in [0.5, 0.6) is 0 Å². The van der Waals surface area contributed by atoms with Crippen LogP contribution in [0.1, 0.15) is 100 Å². The van der Waals surface area contributed by atoms with Gasteiger partial charge in [0.15, 0.2) is 0 Å². The Balaban J connectivity index is 1.84. The van der Waals surface area contributed by atoms with Crippen LogP contribution in [0.4, 0.5) is 4.39 Å². The first-order chi connectivity index (χ1) is 27.1. The van der Waals surface area contributed by atoms with Crippen molar-refractivity contribution in [2.45, 2.75) is 155 Å². The van der Waals surface area contributed by atoms with Crippen molar-refractivity contribution in [2.75, 3.05) is 28.3 Å². The number of piperidine rings is 1. The van der Waals surface area contributed by atoms with Crippen LogP contribution in [0.2, 0.25) is 0 Å². The number of hydrogen-bond acceptors (Lipinski definition) is 9. The molecule has 2 aliphatic rings. The Morgan fingerprint density at radius 2 is 1.53 bits per heavy atom. The normalized spacial score (nSPS) is 21.9. The summed E-state index contributed by atoms with van der Waals surface area (Å²) in [6.07, 6.45) is 0.672. The van der Waals surface area contributed by atoms with Gasteiger partial charge in [-0.1, -0.05) is 73.1 Å². The zero-order chi connectivity index (χ0) is 43.8. The van der Waals surface area contributed by atoms with E-state index in [1.54, 1.807) is 72.0 Å². The van der Waals surface area contributed by atoms with Gasteiger partial charge in [0.25, 0.3) is 0 Å². The third-order valence-corrected chi connectivity index (χ3v) is 12.0. The second kappa shape index (κ2) is 21.1. The number of ether oxygens (including phenoxy) is 3. The maximum absolute atomic E-state index is 14.7.